The van der Waals surface area contributed by atoms with Crippen LogP contribution in [0.4, 0.5) is 0 Å². The van der Waals surface area contributed by atoms with Crippen LogP contribution >= 0.6 is 0 Å². The lowest BCUT2D eigenvalue weighted by Crippen LogP contribution is -2.43. The molecule has 3 unspecified atom stereocenters. The van der Waals surface area contributed by atoms with Crippen molar-refractivity contribution in [3.05, 3.63) is 18.0 Å². The van der Waals surface area contributed by atoms with Crippen LogP contribution in [-0.2, 0) is 18.4 Å². The molecular weight excluding hydrogens is 228 g/mol. The second kappa shape index (κ2) is 4.72. The van der Waals surface area contributed by atoms with E-state index in [-0.39, 0.29) is 11.9 Å². The summed E-state index contributed by atoms with van der Waals surface area (Å²) in [5.74, 6) is 1.42. The molecule has 0 bridgehead atoms. The second-order valence-electron chi connectivity index (χ2n) is 5.48. The number of carbonyl (C=O) groups excluding carboxylic acids is 1. The lowest BCUT2D eigenvalue weighted by Gasteiger charge is -2.17. The maximum atomic E-state index is 12.2. The third-order valence-electron chi connectivity index (χ3n) is 4.25. The molecular formula is C13H20N4O. The molecule has 0 radical (unpaired) electrons. The van der Waals surface area contributed by atoms with Gasteiger partial charge in [0, 0.05) is 25.4 Å². The van der Waals surface area contributed by atoms with E-state index in [4.69, 9.17) is 0 Å². The molecule has 2 heterocycles. The van der Waals surface area contributed by atoms with Crippen molar-refractivity contribution >= 4 is 5.91 Å². The Morgan fingerprint density at radius 2 is 2.50 bits per heavy atom. The summed E-state index contributed by atoms with van der Waals surface area (Å²) >= 11 is 0. The molecule has 3 rings (SSSR count). The van der Waals surface area contributed by atoms with Gasteiger partial charge in [-0.25, -0.2) is 0 Å². The summed E-state index contributed by atoms with van der Waals surface area (Å²) in [4.78, 5) is 12.2. The third kappa shape index (κ3) is 2.14. The number of fused-ring (bicyclic) bond motifs is 1. The molecule has 1 amide bonds. The van der Waals surface area contributed by atoms with Gasteiger partial charge < -0.3 is 10.6 Å². The molecule has 1 aromatic rings. The molecule has 2 N–H and O–H groups in total. The van der Waals surface area contributed by atoms with Gasteiger partial charge in [-0.2, -0.15) is 5.10 Å². The number of carbonyl (C=O) groups is 1. The molecule has 5 nitrogen and oxygen atoms in total. The van der Waals surface area contributed by atoms with Crippen LogP contribution in [0.15, 0.2) is 12.4 Å². The standard InChI is InChI=1S/C13H20N4O/c1-17-8-9(6-16-17)5-15-13(18)12-11-4-2-3-10(11)7-14-12/h6,8,10-12,14H,2-5,7H2,1H3,(H,15,18). The Morgan fingerprint density at radius 1 is 1.61 bits per heavy atom. The van der Waals surface area contributed by atoms with Crippen molar-refractivity contribution in [2.24, 2.45) is 18.9 Å². The summed E-state index contributed by atoms with van der Waals surface area (Å²) in [6, 6.07) is 0.0224. The van der Waals surface area contributed by atoms with Crippen molar-refractivity contribution in [2.45, 2.75) is 31.8 Å². The minimum Gasteiger partial charge on any atom is -0.351 e. The van der Waals surface area contributed by atoms with Crippen molar-refractivity contribution in [2.75, 3.05) is 6.54 Å². The number of aryl methyl sites for hydroxylation is 1. The highest BCUT2D eigenvalue weighted by molar-refractivity contribution is 5.82. The fourth-order valence-electron chi connectivity index (χ4n) is 3.34. The first-order chi connectivity index (χ1) is 8.74. The van der Waals surface area contributed by atoms with Gasteiger partial charge in [-0.1, -0.05) is 6.42 Å². The van der Waals surface area contributed by atoms with E-state index in [0.29, 0.717) is 12.5 Å². The predicted octanol–water partition coefficient (Wildman–Crippen LogP) is 0.424. The van der Waals surface area contributed by atoms with E-state index in [0.717, 1.165) is 18.0 Å². The van der Waals surface area contributed by atoms with Crippen LogP contribution in [0.2, 0.25) is 0 Å². The van der Waals surface area contributed by atoms with E-state index in [9.17, 15) is 4.79 Å². The maximum absolute atomic E-state index is 12.2. The molecule has 2 fully saturated rings. The summed E-state index contributed by atoms with van der Waals surface area (Å²) in [5, 5.41) is 10.5. The van der Waals surface area contributed by atoms with Crippen molar-refractivity contribution in [3.63, 3.8) is 0 Å². The lowest BCUT2D eigenvalue weighted by molar-refractivity contribution is -0.123. The largest absolute Gasteiger partial charge is 0.351 e. The monoisotopic (exact) mass is 248 g/mol. The zero-order chi connectivity index (χ0) is 12.5. The predicted molar refractivity (Wildman–Crippen MR) is 67.7 cm³/mol. The molecule has 1 aliphatic heterocycles. The molecule has 5 heteroatoms. The van der Waals surface area contributed by atoms with Gasteiger partial charge >= 0.3 is 0 Å². The van der Waals surface area contributed by atoms with Crippen molar-refractivity contribution in [3.8, 4) is 0 Å². The van der Waals surface area contributed by atoms with Gasteiger partial charge in [0.15, 0.2) is 0 Å². The zero-order valence-electron chi connectivity index (χ0n) is 10.7. The first kappa shape index (κ1) is 11.7. The highest BCUT2D eigenvalue weighted by Gasteiger charge is 2.42. The molecule has 1 saturated carbocycles. The molecule has 0 aromatic carbocycles. The Labute approximate surface area is 107 Å². The summed E-state index contributed by atoms with van der Waals surface area (Å²) in [7, 11) is 1.88. The topological polar surface area (TPSA) is 59.0 Å². The Bertz CT molecular complexity index is 442. The van der Waals surface area contributed by atoms with Gasteiger partial charge in [-0.3, -0.25) is 9.48 Å². The van der Waals surface area contributed by atoms with E-state index in [2.05, 4.69) is 15.7 Å². The van der Waals surface area contributed by atoms with Gasteiger partial charge in [0.05, 0.1) is 12.2 Å². The van der Waals surface area contributed by atoms with E-state index in [1.807, 2.05) is 13.2 Å². The van der Waals surface area contributed by atoms with Crippen molar-refractivity contribution < 1.29 is 4.79 Å². The molecule has 1 aromatic heterocycles. The summed E-state index contributed by atoms with van der Waals surface area (Å²) < 4.78 is 1.75. The average Bonchev–Trinajstić information content (AvgIpc) is 3.01. The van der Waals surface area contributed by atoms with Crippen LogP contribution in [0, 0.1) is 11.8 Å². The van der Waals surface area contributed by atoms with Gasteiger partial charge in [0.1, 0.15) is 0 Å². The molecule has 0 spiro atoms. The van der Waals surface area contributed by atoms with Crippen molar-refractivity contribution in [1.82, 2.24) is 20.4 Å². The average molecular weight is 248 g/mol. The normalized spacial score (nSPS) is 30.4. The summed E-state index contributed by atoms with van der Waals surface area (Å²) in [5.41, 5.74) is 1.05. The van der Waals surface area contributed by atoms with Gasteiger partial charge in [-0.15, -0.1) is 0 Å². The Balaban J connectivity index is 1.55. The van der Waals surface area contributed by atoms with Crippen LogP contribution in [0.25, 0.3) is 0 Å². The van der Waals surface area contributed by atoms with Gasteiger partial charge in [-0.05, 0) is 31.2 Å². The number of nitrogens with zero attached hydrogens (tertiary/aromatic N) is 2. The first-order valence-electron chi connectivity index (χ1n) is 6.72. The Morgan fingerprint density at radius 3 is 3.28 bits per heavy atom. The Hall–Kier alpha value is -1.36. The number of hydrogen-bond acceptors (Lipinski definition) is 3. The minimum atomic E-state index is 0.0224. The number of hydrogen-bond donors (Lipinski definition) is 2. The molecule has 2 aliphatic rings. The van der Waals surface area contributed by atoms with Crippen LogP contribution < -0.4 is 10.6 Å². The third-order valence-corrected chi connectivity index (χ3v) is 4.25. The number of nitrogens with one attached hydrogen (secondary N) is 2. The van der Waals surface area contributed by atoms with Crippen LogP contribution in [-0.4, -0.2) is 28.3 Å². The molecule has 1 aliphatic carbocycles. The number of aromatic nitrogens is 2. The highest BCUT2D eigenvalue weighted by Crippen LogP contribution is 2.37. The van der Waals surface area contributed by atoms with E-state index in [1.165, 1.54) is 19.3 Å². The van der Waals surface area contributed by atoms with E-state index in [1.54, 1.807) is 10.9 Å². The zero-order valence-corrected chi connectivity index (χ0v) is 10.7. The van der Waals surface area contributed by atoms with Crippen molar-refractivity contribution in [1.29, 1.82) is 0 Å². The maximum Gasteiger partial charge on any atom is 0.237 e. The van der Waals surface area contributed by atoms with E-state index >= 15 is 0 Å². The number of rotatable bonds is 3. The fourth-order valence-corrected chi connectivity index (χ4v) is 3.34. The second-order valence-corrected chi connectivity index (χ2v) is 5.48. The fraction of sp³-hybridized carbons (Fsp3) is 0.692. The molecule has 98 valence electrons. The van der Waals surface area contributed by atoms with Gasteiger partial charge in [0.2, 0.25) is 5.91 Å². The minimum absolute atomic E-state index is 0.0224. The first-order valence-corrected chi connectivity index (χ1v) is 6.72. The smallest absolute Gasteiger partial charge is 0.237 e. The number of amides is 1. The SMILES string of the molecule is Cn1cc(CNC(=O)C2NCC3CCCC32)cn1. The summed E-state index contributed by atoms with van der Waals surface area (Å²) in [6.45, 7) is 1.58. The molecule has 1 saturated heterocycles. The Kier molecular flexibility index (Phi) is 3.07. The highest BCUT2D eigenvalue weighted by atomic mass is 16.2. The molecule has 18 heavy (non-hydrogen) atoms. The van der Waals surface area contributed by atoms with Crippen LogP contribution in [0.5, 0.6) is 0 Å². The summed E-state index contributed by atoms with van der Waals surface area (Å²) in [6.07, 6.45) is 7.48. The molecule has 3 atom stereocenters. The quantitative estimate of drug-likeness (QED) is 0.815. The van der Waals surface area contributed by atoms with Crippen LogP contribution in [0.3, 0.4) is 0 Å². The van der Waals surface area contributed by atoms with Gasteiger partial charge in [0.25, 0.3) is 0 Å². The lowest BCUT2D eigenvalue weighted by atomic mass is 9.93. The van der Waals surface area contributed by atoms with Crippen LogP contribution in [0.1, 0.15) is 24.8 Å². The van der Waals surface area contributed by atoms with E-state index < -0.39 is 0 Å².